The molecule has 6 heteroatoms. The Morgan fingerprint density at radius 1 is 1.33 bits per heavy atom. The summed E-state index contributed by atoms with van der Waals surface area (Å²) in [4.78, 5) is 4.43. The maximum Gasteiger partial charge on any atom is 0.268 e. The van der Waals surface area contributed by atoms with Crippen molar-refractivity contribution in [1.82, 2.24) is 4.31 Å². The molecule has 3 rings (SSSR count). The van der Waals surface area contributed by atoms with Crippen LogP contribution < -0.4 is 5.32 Å². The van der Waals surface area contributed by atoms with Crippen LogP contribution >= 0.6 is 0 Å². The van der Waals surface area contributed by atoms with E-state index in [2.05, 4.69) is 10.3 Å². The van der Waals surface area contributed by atoms with Crippen LogP contribution in [0.5, 0.6) is 0 Å². The van der Waals surface area contributed by atoms with E-state index in [9.17, 15) is 8.42 Å². The third-order valence-electron chi connectivity index (χ3n) is 2.50. The first-order valence-corrected chi connectivity index (χ1v) is 6.07. The van der Waals surface area contributed by atoms with E-state index in [-0.39, 0.29) is 0 Å². The fourth-order valence-corrected chi connectivity index (χ4v) is 3.34. The van der Waals surface area contributed by atoms with Crippen LogP contribution in [-0.2, 0) is 10.0 Å². The van der Waals surface area contributed by atoms with Crippen molar-refractivity contribution in [3.8, 4) is 0 Å². The van der Waals surface area contributed by atoms with Gasteiger partial charge in [-0.2, -0.15) is 0 Å². The number of aliphatic imine (C=N–C) groups is 1. The topological polar surface area (TPSA) is 61.8 Å². The van der Waals surface area contributed by atoms with Gasteiger partial charge in [-0.05, 0) is 12.1 Å². The standard InChI is InChI=1S/C9H9N3O2S/c13-15(14)8-4-2-1-3-7(8)11-9-10-5-6-12(9)15/h1-4H,5-6H2,(H,10,11). The molecule has 0 radical (unpaired) electrons. The molecule has 0 saturated carbocycles. The highest BCUT2D eigenvalue weighted by atomic mass is 32.2. The molecule has 1 N–H and O–H groups in total. The molecule has 2 aliphatic rings. The van der Waals surface area contributed by atoms with Gasteiger partial charge in [0.15, 0.2) is 0 Å². The fraction of sp³-hybridized carbons (Fsp3) is 0.222. The Kier molecular flexibility index (Phi) is 1.59. The lowest BCUT2D eigenvalue weighted by atomic mass is 10.3. The Hall–Kier alpha value is -1.56. The van der Waals surface area contributed by atoms with Gasteiger partial charge in [0.25, 0.3) is 10.0 Å². The lowest BCUT2D eigenvalue weighted by Gasteiger charge is -2.27. The molecule has 2 aliphatic heterocycles. The van der Waals surface area contributed by atoms with Gasteiger partial charge in [-0.25, -0.2) is 12.7 Å². The Morgan fingerprint density at radius 2 is 2.13 bits per heavy atom. The van der Waals surface area contributed by atoms with Crippen LogP contribution in [0.15, 0.2) is 34.2 Å². The SMILES string of the molecule is O=S1(=O)c2ccccc2NC2=NCCN21. The smallest absolute Gasteiger partial charge is 0.268 e. The van der Waals surface area contributed by atoms with Crippen LogP contribution in [0.4, 0.5) is 5.69 Å². The summed E-state index contributed by atoms with van der Waals surface area (Å²) < 4.78 is 25.5. The minimum Gasteiger partial charge on any atom is -0.324 e. The number of nitrogens with zero attached hydrogens (tertiary/aromatic N) is 2. The van der Waals surface area contributed by atoms with E-state index in [1.54, 1.807) is 24.3 Å². The molecule has 0 atom stereocenters. The van der Waals surface area contributed by atoms with Crippen LogP contribution in [0.2, 0.25) is 0 Å². The van der Waals surface area contributed by atoms with Gasteiger partial charge in [0.05, 0.1) is 18.8 Å². The molecule has 0 aromatic heterocycles. The molecular formula is C9H9N3O2S. The molecule has 0 bridgehead atoms. The second-order valence-corrected chi connectivity index (χ2v) is 5.23. The Labute approximate surface area is 87.5 Å². The predicted molar refractivity (Wildman–Crippen MR) is 56.3 cm³/mol. The van der Waals surface area contributed by atoms with E-state index in [4.69, 9.17) is 0 Å². The zero-order valence-electron chi connectivity index (χ0n) is 7.84. The maximum atomic E-state index is 12.1. The first-order valence-electron chi connectivity index (χ1n) is 4.63. The number of para-hydroxylation sites is 1. The van der Waals surface area contributed by atoms with Crippen molar-refractivity contribution in [2.24, 2.45) is 4.99 Å². The molecule has 0 saturated heterocycles. The van der Waals surface area contributed by atoms with Gasteiger partial charge in [-0.3, -0.25) is 4.99 Å². The van der Waals surface area contributed by atoms with Gasteiger partial charge in [-0.1, -0.05) is 12.1 Å². The molecule has 0 fully saturated rings. The zero-order valence-corrected chi connectivity index (χ0v) is 8.66. The number of anilines is 1. The number of rotatable bonds is 0. The number of benzene rings is 1. The number of hydrogen-bond donors (Lipinski definition) is 1. The lowest BCUT2D eigenvalue weighted by molar-refractivity contribution is 0.535. The van der Waals surface area contributed by atoms with E-state index in [0.717, 1.165) is 0 Å². The second-order valence-electron chi connectivity index (χ2n) is 3.40. The molecule has 1 aromatic rings. The normalized spacial score (nSPS) is 21.3. The van der Waals surface area contributed by atoms with Crippen LogP contribution in [0.25, 0.3) is 0 Å². The fourth-order valence-electron chi connectivity index (χ4n) is 1.80. The Morgan fingerprint density at radius 3 is 3.00 bits per heavy atom. The Balaban J connectivity index is 2.28. The van der Waals surface area contributed by atoms with Gasteiger partial charge >= 0.3 is 0 Å². The van der Waals surface area contributed by atoms with Crippen LogP contribution in [0.3, 0.4) is 0 Å². The van der Waals surface area contributed by atoms with Crippen molar-refractivity contribution in [3.63, 3.8) is 0 Å². The molecule has 0 spiro atoms. The summed E-state index contributed by atoms with van der Waals surface area (Å²) in [7, 11) is -3.38. The minimum atomic E-state index is -3.38. The number of hydrogen-bond acceptors (Lipinski definition) is 4. The van der Waals surface area contributed by atoms with Gasteiger partial charge < -0.3 is 5.32 Å². The number of fused-ring (bicyclic) bond motifs is 2. The molecule has 15 heavy (non-hydrogen) atoms. The summed E-state index contributed by atoms with van der Waals surface area (Å²) in [5, 5.41) is 3.01. The van der Waals surface area contributed by atoms with E-state index in [1.165, 1.54) is 4.31 Å². The average Bonchev–Trinajstić information content (AvgIpc) is 2.67. The van der Waals surface area contributed by atoms with Crippen molar-refractivity contribution in [1.29, 1.82) is 0 Å². The van der Waals surface area contributed by atoms with E-state index in [1.807, 2.05) is 0 Å². The highest BCUT2D eigenvalue weighted by Gasteiger charge is 2.36. The van der Waals surface area contributed by atoms with Crippen molar-refractivity contribution in [2.45, 2.75) is 4.90 Å². The summed E-state index contributed by atoms with van der Waals surface area (Å²) in [6, 6.07) is 6.86. The summed E-state index contributed by atoms with van der Waals surface area (Å²) in [5.74, 6) is 0.439. The van der Waals surface area contributed by atoms with Crippen LogP contribution in [0, 0.1) is 0 Å². The predicted octanol–water partition coefficient (Wildman–Crippen LogP) is 0.472. The molecule has 5 nitrogen and oxygen atoms in total. The Bertz CT molecular complexity index is 550. The number of nitrogens with one attached hydrogen (secondary N) is 1. The van der Waals surface area contributed by atoms with E-state index in [0.29, 0.717) is 29.6 Å². The van der Waals surface area contributed by atoms with Crippen LogP contribution in [-0.4, -0.2) is 31.8 Å². The highest BCUT2D eigenvalue weighted by molar-refractivity contribution is 7.90. The lowest BCUT2D eigenvalue weighted by Crippen LogP contribution is -2.42. The third-order valence-corrected chi connectivity index (χ3v) is 4.35. The van der Waals surface area contributed by atoms with Crippen molar-refractivity contribution < 1.29 is 8.42 Å². The van der Waals surface area contributed by atoms with Crippen LogP contribution in [0.1, 0.15) is 0 Å². The minimum absolute atomic E-state index is 0.325. The third kappa shape index (κ3) is 1.08. The first-order chi connectivity index (χ1) is 7.19. The van der Waals surface area contributed by atoms with Gasteiger partial charge in [-0.15, -0.1) is 0 Å². The summed E-state index contributed by atoms with van der Waals surface area (Å²) in [6.45, 7) is 0.953. The number of guanidine groups is 1. The largest absolute Gasteiger partial charge is 0.324 e. The van der Waals surface area contributed by atoms with Gasteiger partial charge in [0.2, 0.25) is 5.96 Å². The maximum absolute atomic E-state index is 12.1. The van der Waals surface area contributed by atoms with E-state index < -0.39 is 10.0 Å². The number of sulfonamides is 1. The van der Waals surface area contributed by atoms with Crippen molar-refractivity contribution >= 4 is 21.7 Å². The highest BCUT2D eigenvalue weighted by Crippen LogP contribution is 2.30. The summed E-state index contributed by atoms with van der Waals surface area (Å²) in [6.07, 6.45) is 0. The molecule has 0 amide bonds. The molecular weight excluding hydrogens is 214 g/mol. The molecule has 2 heterocycles. The molecule has 0 unspecified atom stereocenters. The molecule has 0 aliphatic carbocycles. The second kappa shape index (κ2) is 2.73. The molecule has 78 valence electrons. The quantitative estimate of drug-likeness (QED) is 0.695. The first kappa shape index (κ1) is 8.72. The monoisotopic (exact) mass is 223 g/mol. The van der Waals surface area contributed by atoms with Gasteiger partial charge in [0.1, 0.15) is 4.90 Å². The van der Waals surface area contributed by atoms with Gasteiger partial charge in [0, 0.05) is 0 Å². The van der Waals surface area contributed by atoms with E-state index >= 15 is 0 Å². The van der Waals surface area contributed by atoms with Crippen molar-refractivity contribution in [2.75, 3.05) is 18.4 Å². The summed E-state index contributed by atoms with van der Waals surface area (Å²) in [5.41, 5.74) is 0.606. The molecule has 1 aromatic carbocycles. The zero-order chi connectivity index (χ0) is 10.5. The summed E-state index contributed by atoms with van der Waals surface area (Å²) >= 11 is 0. The van der Waals surface area contributed by atoms with Crippen molar-refractivity contribution in [3.05, 3.63) is 24.3 Å². The average molecular weight is 223 g/mol.